The quantitative estimate of drug-likeness (QED) is 0.543. The van der Waals surface area contributed by atoms with Crippen LogP contribution in [0, 0.1) is 6.92 Å². The maximum atomic E-state index is 12.2. The summed E-state index contributed by atoms with van der Waals surface area (Å²) in [5.41, 5.74) is 2.80. The van der Waals surface area contributed by atoms with Gasteiger partial charge < -0.3 is 0 Å². The van der Waals surface area contributed by atoms with Gasteiger partial charge in [0.1, 0.15) is 11.4 Å². The van der Waals surface area contributed by atoms with Crippen molar-refractivity contribution in [3.8, 4) is 0 Å². The van der Waals surface area contributed by atoms with Gasteiger partial charge in [-0.3, -0.25) is 19.6 Å². The lowest BCUT2D eigenvalue weighted by Gasteiger charge is -2.06. The molecule has 0 atom stereocenters. The van der Waals surface area contributed by atoms with E-state index >= 15 is 0 Å². The molecule has 0 aliphatic carbocycles. The van der Waals surface area contributed by atoms with Crippen molar-refractivity contribution in [1.29, 1.82) is 0 Å². The van der Waals surface area contributed by atoms with E-state index in [2.05, 4.69) is 9.98 Å². The predicted octanol–water partition coefficient (Wildman–Crippen LogP) is 3.74. The fourth-order valence-electron chi connectivity index (χ4n) is 2.15. The Morgan fingerprint density at radius 3 is 2.64 bits per heavy atom. The Bertz CT molecular complexity index is 601. The van der Waals surface area contributed by atoms with E-state index in [1.807, 2.05) is 45.9 Å². The van der Waals surface area contributed by atoms with Crippen LogP contribution < -0.4 is 0 Å². The zero-order valence-electron chi connectivity index (χ0n) is 13.8. The highest BCUT2D eigenvalue weighted by atomic mass is 16.1. The Balaban J connectivity index is 2.60. The van der Waals surface area contributed by atoms with Crippen LogP contribution in [0.5, 0.6) is 0 Å². The molecule has 22 heavy (non-hydrogen) atoms. The van der Waals surface area contributed by atoms with Gasteiger partial charge in [-0.25, -0.2) is 0 Å². The number of carbonyl (C=O) groups excluding carboxylic acids is 2. The van der Waals surface area contributed by atoms with Crippen molar-refractivity contribution < 1.29 is 9.59 Å². The first kappa shape index (κ1) is 18.0. The minimum Gasteiger partial charge on any atom is -0.292 e. The molecule has 0 fully saturated rings. The van der Waals surface area contributed by atoms with Gasteiger partial charge in [0.15, 0.2) is 11.6 Å². The third-order valence-corrected chi connectivity index (χ3v) is 3.47. The van der Waals surface area contributed by atoms with Crippen molar-refractivity contribution in [1.82, 2.24) is 4.98 Å². The van der Waals surface area contributed by atoms with E-state index in [0.29, 0.717) is 37.2 Å². The zero-order chi connectivity index (χ0) is 16.5. The first-order valence-corrected chi connectivity index (χ1v) is 7.67. The van der Waals surface area contributed by atoms with E-state index < -0.39 is 0 Å². The summed E-state index contributed by atoms with van der Waals surface area (Å²) in [5, 5.41) is 0. The third-order valence-electron chi connectivity index (χ3n) is 3.47. The Hall–Kier alpha value is -2.10. The van der Waals surface area contributed by atoms with Gasteiger partial charge in [-0.1, -0.05) is 12.1 Å². The maximum Gasteiger partial charge on any atom is 0.181 e. The van der Waals surface area contributed by atoms with Gasteiger partial charge in [0, 0.05) is 25.6 Å². The van der Waals surface area contributed by atoms with Crippen LogP contribution in [0.25, 0.3) is 0 Å². The molecule has 0 unspecified atom stereocenters. The summed E-state index contributed by atoms with van der Waals surface area (Å²) in [6, 6.07) is 3.68. The molecule has 0 aliphatic heterocycles. The minimum absolute atomic E-state index is 0.00277. The van der Waals surface area contributed by atoms with E-state index in [9.17, 15) is 9.59 Å². The van der Waals surface area contributed by atoms with Crippen molar-refractivity contribution in [2.45, 2.75) is 47.0 Å². The lowest BCUT2D eigenvalue weighted by atomic mass is 10.0. The van der Waals surface area contributed by atoms with Crippen LogP contribution in [0.2, 0.25) is 0 Å². The van der Waals surface area contributed by atoms with E-state index in [1.165, 1.54) is 0 Å². The first-order chi connectivity index (χ1) is 10.5. The van der Waals surface area contributed by atoms with Gasteiger partial charge in [-0.05, 0) is 51.3 Å². The molecule has 1 rings (SSSR count). The Morgan fingerprint density at radius 2 is 2.05 bits per heavy atom. The molecule has 0 aliphatic rings. The van der Waals surface area contributed by atoms with Crippen LogP contribution >= 0.6 is 0 Å². The number of nitrogens with zero attached hydrogens (tertiary/aromatic N) is 2. The number of carbonyl (C=O) groups is 2. The normalized spacial score (nSPS) is 12.4. The second-order valence-corrected chi connectivity index (χ2v) is 5.16. The number of aryl methyl sites for hydroxylation is 1. The van der Waals surface area contributed by atoms with Crippen molar-refractivity contribution in [3.05, 3.63) is 41.2 Å². The molecule has 0 spiro atoms. The van der Waals surface area contributed by atoms with Gasteiger partial charge in [0.05, 0.1) is 0 Å². The number of pyridine rings is 1. The van der Waals surface area contributed by atoms with Crippen molar-refractivity contribution >= 4 is 17.3 Å². The summed E-state index contributed by atoms with van der Waals surface area (Å²) in [4.78, 5) is 32.7. The standard InChI is InChI=1S/C18H24N2O2/c1-5-13(3)17(19-6-2)15(21)10-7-11-16(22)18-14(4)9-8-12-20-18/h5,8-9,12H,6-7,10-11H2,1-4H3/b13-5-,19-17?. The molecule has 0 amide bonds. The molecule has 0 saturated heterocycles. The molecule has 0 N–H and O–H groups in total. The molecule has 0 bridgehead atoms. The average Bonchev–Trinajstić information content (AvgIpc) is 2.52. The van der Waals surface area contributed by atoms with E-state index in [0.717, 1.165) is 11.1 Å². The van der Waals surface area contributed by atoms with Crippen LogP contribution in [0.4, 0.5) is 0 Å². The summed E-state index contributed by atoms with van der Waals surface area (Å²) in [6.45, 7) is 8.13. The summed E-state index contributed by atoms with van der Waals surface area (Å²) in [6.07, 6.45) is 4.69. The van der Waals surface area contributed by atoms with Crippen molar-refractivity contribution in [3.63, 3.8) is 0 Å². The number of allylic oxidation sites excluding steroid dienone is 2. The molecule has 1 aromatic heterocycles. The highest BCUT2D eigenvalue weighted by Crippen LogP contribution is 2.11. The Morgan fingerprint density at radius 1 is 1.32 bits per heavy atom. The highest BCUT2D eigenvalue weighted by Gasteiger charge is 2.15. The second-order valence-electron chi connectivity index (χ2n) is 5.16. The molecule has 118 valence electrons. The molecule has 0 aromatic carbocycles. The minimum atomic E-state index is -0.0114. The topological polar surface area (TPSA) is 59.4 Å². The number of rotatable bonds is 8. The number of ketones is 2. The Labute approximate surface area is 132 Å². The van der Waals surface area contributed by atoms with Crippen molar-refractivity contribution in [2.24, 2.45) is 4.99 Å². The lowest BCUT2D eigenvalue weighted by molar-refractivity contribution is -0.113. The lowest BCUT2D eigenvalue weighted by Crippen LogP contribution is -2.16. The SMILES string of the molecule is C/C=C(/C)C(=NCC)C(=O)CCCC(=O)c1ncccc1C. The molecule has 0 saturated carbocycles. The maximum absolute atomic E-state index is 12.2. The van der Waals surface area contributed by atoms with Gasteiger partial charge in [0.25, 0.3) is 0 Å². The summed E-state index contributed by atoms with van der Waals surface area (Å²) in [7, 11) is 0. The van der Waals surface area contributed by atoms with E-state index in [4.69, 9.17) is 0 Å². The van der Waals surface area contributed by atoms with Crippen LogP contribution in [0.15, 0.2) is 35.0 Å². The molecular weight excluding hydrogens is 276 g/mol. The first-order valence-electron chi connectivity index (χ1n) is 7.67. The number of hydrogen-bond acceptors (Lipinski definition) is 4. The summed E-state index contributed by atoms with van der Waals surface area (Å²) >= 11 is 0. The summed E-state index contributed by atoms with van der Waals surface area (Å²) in [5.74, 6) is -0.00868. The number of aromatic nitrogens is 1. The monoisotopic (exact) mass is 300 g/mol. The molecule has 4 nitrogen and oxygen atoms in total. The molecular formula is C18H24N2O2. The van der Waals surface area contributed by atoms with Crippen LogP contribution in [-0.2, 0) is 4.79 Å². The fraction of sp³-hybridized carbons (Fsp3) is 0.444. The largest absolute Gasteiger partial charge is 0.292 e. The van der Waals surface area contributed by atoms with Gasteiger partial charge in [-0.15, -0.1) is 0 Å². The van der Waals surface area contributed by atoms with Crippen molar-refractivity contribution in [2.75, 3.05) is 6.54 Å². The molecule has 0 radical (unpaired) electrons. The summed E-state index contributed by atoms with van der Waals surface area (Å²) < 4.78 is 0. The fourth-order valence-corrected chi connectivity index (χ4v) is 2.15. The van der Waals surface area contributed by atoms with E-state index in [-0.39, 0.29) is 11.6 Å². The van der Waals surface area contributed by atoms with Crippen LogP contribution in [0.3, 0.4) is 0 Å². The highest BCUT2D eigenvalue weighted by molar-refractivity contribution is 6.46. The molecule has 1 heterocycles. The van der Waals surface area contributed by atoms with Gasteiger partial charge >= 0.3 is 0 Å². The number of aliphatic imine (C=N–C) groups is 1. The smallest absolute Gasteiger partial charge is 0.181 e. The second kappa shape index (κ2) is 9.03. The van der Waals surface area contributed by atoms with Gasteiger partial charge in [-0.2, -0.15) is 0 Å². The average molecular weight is 300 g/mol. The third kappa shape index (κ3) is 5.02. The number of hydrogen-bond donors (Lipinski definition) is 0. The molecule has 4 heteroatoms. The zero-order valence-corrected chi connectivity index (χ0v) is 13.8. The van der Waals surface area contributed by atoms with Crippen LogP contribution in [-0.4, -0.2) is 28.8 Å². The van der Waals surface area contributed by atoms with E-state index in [1.54, 1.807) is 6.20 Å². The molecule has 1 aromatic rings. The predicted molar refractivity (Wildman–Crippen MR) is 89.6 cm³/mol. The number of Topliss-reactive ketones (excluding diaryl/α,β-unsaturated/α-hetero) is 2. The van der Waals surface area contributed by atoms with Gasteiger partial charge in [0.2, 0.25) is 0 Å². The van der Waals surface area contributed by atoms with Crippen LogP contribution in [0.1, 0.15) is 56.1 Å². The Kier molecular flexibility index (Phi) is 7.37.